The quantitative estimate of drug-likeness (QED) is 0.0798. The number of carbonyl (C=O) groups excluding carboxylic acids is 1. The SMILES string of the molecule is CC(=O)CCCCCCCCCCCCCCCCCCCCCC[Si](Cl)(Cl)Cl. The summed E-state index contributed by atoms with van der Waals surface area (Å²) in [5.41, 5.74) is 0. The molecule has 0 atom stereocenters. The van der Waals surface area contributed by atoms with Crippen molar-refractivity contribution in [1.29, 1.82) is 0 Å². The van der Waals surface area contributed by atoms with Crippen molar-refractivity contribution >= 4 is 45.0 Å². The molecule has 0 radical (unpaired) electrons. The lowest BCUT2D eigenvalue weighted by Gasteiger charge is -2.07. The van der Waals surface area contributed by atoms with Crippen LogP contribution in [0.3, 0.4) is 0 Å². The van der Waals surface area contributed by atoms with Crippen molar-refractivity contribution < 1.29 is 4.79 Å². The van der Waals surface area contributed by atoms with Crippen LogP contribution in [0.4, 0.5) is 0 Å². The number of ketones is 1. The Balaban J connectivity index is 3.04. The molecule has 0 aliphatic carbocycles. The van der Waals surface area contributed by atoms with E-state index in [4.69, 9.17) is 33.2 Å². The predicted molar refractivity (Wildman–Crippen MR) is 136 cm³/mol. The largest absolute Gasteiger partial charge is 0.341 e. The van der Waals surface area contributed by atoms with Crippen LogP contribution >= 0.6 is 33.2 Å². The smallest absolute Gasteiger partial charge is 0.300 e. The van der Waals surface area contributed by atoms with Gasteiger partial charge >= 0.3 is 6.00 Å². The van der Waals surface area contributed by atoms with Gasteiger partial charge in [-0.2, -0.15) is 0 Å². The lowest BCUT2D eigenvalue weighted by Crippen LogP contribution is -2.07. The lowest BCUT2D eigenvalue weighted by molar-refractivity contribution is -0.117. The summed E-state index contributed by atoms with van der Waals surface area (Å²) >= 11 is 17.7. The van der Waals surface area contributed by atoms with Crippen molar-refractivity contribution in [3.63, 3.8) is 0 Å². The van der Waals surface area contributed by atoms with Crippen LogP contribution in [0.5, 0.6) is 0 Å². The third kappa shape index (κ3) is 28.8. The number of carbonyl (C=O) groups is 1. The molecule has 0 fully saturated rings. The van der Waals surface area contributed by atoms with Gasteiger partial charge in [-0.1, -0.05) is 122 Å². The van der Waals surface area contributed by atoms with E-state index in [0.29, 0.717) is 5.78 Å². The first-order chi connectivity index (χ1) is 13.9. The van der Waals surface area contributed by atoms with Crippen LogP contribution < -0.4 is 0 Å². The second-order valence-corrected chi connectivity index (χ2v) is 18.2. The fourth-order valence-corrected chi connectivity index (χ4v) is 5.73. The minimum Gasteiger partial charge on any atom is -0.300 e. The topological polar surface area (TPSA) is 17.1 Å². The highest BCUT2D eigenvalue weighted by Gasteiger charge is 2.23. The standard InChI is InChI=1S/C24H47Cl3OSi/c1-24(28)22-20-18-16-14-12-10-8-6-4-2-3-5-7-9-11-13-15-17-19-21-23-29(25,26)27/h2-23H2,1H3. The van der Waals surface area contributed by atoms with Gasteiger partial charge in [-0.15, -0.1) is 33.2 Å². The van der Waals surface area contributed by atoms with Crippen LogP contribution in [0, 0.1) is 0 Å². The number of hydrogen-bond donors (Lipinski definition) is 0. The Bertz CT molecular complexity index is 359. The van der Waals surface area contributed by atoms with E-state index in [1.165, 1.54) is 116 Å². The van der Waals surface area contributed by atoms with Crippen molar-refractivity contribution in [2.24, 2.45) is 0 Å². The summed E-state index contributed by atoms with van der Waals surface area (Å²) in [6.45, 7) is 1.70. The van der Waals surface area contributed by atoms with Gasteiger partial charge in [0.2, 0.25) is 0 Å². The van der Waals surface area contributed by atoms with Crippen LogP contribution in [0.15, 0.2) is 0 Å². The van der Waals surface area contributed by atoms with Crippen molar-refractivity contribution in [1.82, 2.24) is 0 Å². The van der Waals surface area contributed by atoms with Crippen LogP contribution in [-0.4, -0.2) is 11.8 Å². The summed E-state index contributed by atoms with van der Waals surface area (Å²) in [6, 6.07) is -1.55. The zero-order valence-corrected chi connectivity index (χ0v) is 22.4. The van der Waals surface area contributed by atoms with E-state index in [0.717, 1.165) is 25.3 Å². The molecule has 174 valence electrons. The maximum absolute atomic E-state index is 10.9. The van der Waals surface area contributed by atoms with Gasteiger partial charge in [0.05, 0.1) is 0 Å². The molecule has 0 aliphatic heterocycles. The Morgan fingerprint density at radius 1 is 0.483 bits per heavy atom. The second-order valence-electron chi connectivity index (χ2n) is 8.89. The van der Waals surface area contributed by atoms with Crippen molar-refractivity contribution in [3.8, 4) is 0 Å². The van der Waals surface area contributed by atoms with Gasteiger partial charge in [0.15, 0.2) is 0 Å². The first-order valence-corrected chi connectivity index (χ1v) is 17.7. The first-order valence-electron chi connectivity index (χ1n) is 12.5. The molecule has 0 N–H and O–H groups in total. The minimum atomic E-state index is -2.37. The van der Waals surface area contributed by atoms with Gasteiger partial charge in [0.25, 0.3) is 0 Å². The average molecular weight is 486 g/mol. The molecule has 0 aliphatic rings. The van der Waals surface area contributed by atoms with Gasteiger partial charge in [-0.05, 0) is 19.4 Å². The Labute approximate surface area is 197 Å². The van der Waals surface area contributed by atoms with E-state index in [-0.39, 0.29) is 0 Å². The predicted octanol–water partition coefficient (Wildman–Crippen LogP) is 10.4. The van der Waals surface area contributed by atoms with E-state index in [9.17, 15) is 4.79 Å². The molecule has 0 amide bonds. The molecule has 0 unspecified atom stereocenters. The number of Topliss-reactive ketones (excluding diaryl/α,β-unsaturated/α-hetero) is 1. The summed E-state index contributed by atoms with van der Waals surface area (Å²) in [7, 11) is 0. The monoisotopic (exact) mass is 484 g/mol. The molecule has 5 heteroatoms. The zero-order chi connectivity index (χ0) is 21.6. The molecule has 29 heavy (non-hydrogen) atoms. The van der Waals surface area contributed by atoms with E-state index in [1.807, 2.05) is 0 Å². The van der Waals surface area contributed by atoms with Crippen LogP contribution in [0.25, 0.3) is 0 Å². The first kappa shape index (κ1) is 29.8. The fraction of sp³-hybridized carbons (Fsp3) is 0.958. The molecule has 0 saturated carbocycles. The van der Waals surface area contributed by atoms with E-state index < -0.39 is 6.00 Å². The third-order valence-electron chi connectivity index (χ3n) is 5.74. The third-order valence-corrected chi connectivity index (χ3v) is 8.36. The summed E-state index contributed by atoms with van der Waals surface area (Å²) < 4.78 is 0. The highest BCUT2D eigenvalue weighted by Crippen LogP contribution is 2.27. The molecule has 0 aromatic carbocycles. The minimum absolute atomic E-state index is 0.340. The van der Waals surface area contributed by atoms with Gasteiger partial charge in [-0.25, -0.2) is 0 Å². The summed E-state index contributed by atoms with van der Waals surface area (Å²) in [4.78, 5) is 10.9. The Hall–Kier alpha value is 0.757. The van der Waals surface area contributed by atoms with E-state index >= 15 is 0 Å². The molecule has 0 spiro atoms. The summed E-state index contributed by atoms with van der Waals surface area (Å²) in [5, 5.41) is 0. The molecule has 1 nitrogen and oxygen atoms in total. The number of unbranched alkanes of at least 4 members (excludes halogenated alkanes) is 19. The van der Waals surface area contributed by atoms with Crippen molar-refractivity contribution in [3.05, 3.63) is 0 Å². The van der Waals surface area contributed by atoms with Gasteiger partial charge < -0.3 is 4.79 Å². The van der Waals surface area contributed by atoms with E-state index in [1.54, 1.807) is 6.92 Å². The van der Waals surface area contributed by atoms with Gasteiger partial charge in [0.1, 0.15) is 5.78 Å². The van der Waals surface area contributed by atoms with E-state index in [2.05, 4.69) is 0 Å². The highest BCUT2D eigenvalue weighted by atomic mass is 35.8. The molecule has 0 aromatic heterocycles. The molecule has 0 aromatic rings. The molecular weight excluding hydrogens is 439 g/mol. The molecule has 0 heterocycles. The number of rotatable bonds is 23. The van der Waals surface area contributed by atoms with Crippen molar-refractivity contribution in [2.75, 3.05) is 0 Å². The second kappa shape index (κ2) is 22.0. The normalized spacial score (nSPS) is 11.9. The van der Waals surface area contributed by atoms with Crippen LogP contribution in [-0.2, 0) is 4.79 Å². The maximum atomic E-state index is 10.9. The van der Waals surface area contributed by atoms with Crippen molar-refractivity contribution in [2.45, 2.75) is 148 Å². The molecule has 0 bridgehead atoms. The van der Waals surface area contributed by atoms with Crippen LogP contribution in [0.1, 0.15) is 142 Å². The Morgan fingerprint density at radius 2 is 0.724 bits per heavy atom. The zero-order valence-electron chi connectivity index (χ0n) is 19.1. The number of halogens is 3. The summed E-state index contributed by atoms with van der Waals surface area (Å²) in [5.74, 6) is 0.340. The van der Waals surface area contributed by atoms with Gasteiger partial charge in [-0.3, -0.25) is 0 Å². The average Bonchev–Trinajstić information content (AvgIpc) is 2.64. The highest BCUT2D eigenvalue weighted by molar-refractivity contribution is 7.64. The van der Waals surface area contributed by atoms with Gasteiger partial charge in [0, 0.05) is 6.42 Å². The fourth-order valence-electron chi connectivity index (χ4n) is 3.88. The number of hydrogen-bond acceptors (Lipinski definition) is 1. The lowest BCUT2D eigenvalue weighted by atomic mass is 10.0. The molecule has 0 rings (SSSR count). The van der Waals surface area contributed by atoms with Crippen LogP contribution in [0.2, 0.25) is 6.04 Å². The Kier molecular flexibility index (Phi) is 22.5. The molecule has 0 saturated heterocycles. The Morgan fingerprint density at radius 3 is 0.966 bits per heavy atom. The molecular formula is C24H47Cl3OSi. The maximum Gasteiger partial charge on any atom is 0.341 e. The summed E-state index contributed by atoms with van der Waals surface area (Å²) in [6.07, 6.45) is 27.7.